The van der Waals surface area contributed by atoms with Gasteiger partial charge in [-0.3, -0.25) is 0 Å². The van der Waals surface area contributed by atoms with E-state index in [4.69, 9.17) is 0 Å². The van der Waals surface area contributed by atoms with Gasteiger partial charge < -0.3 is 15.7 Å². The summed E-state index contributed by atoms with van der Waals surface area (Å²) in [6, 6.07) is 3.50. The molecule has 7 heteroatoms. The van der Waals surface area contributed by atoms with E-state index in [2.05, 4.69) is 20.7 Å². The van der Waals surface area contributed by atoms with Crippen molar-refractivity contribution in [1.82, 2.24) is 25.2 Å². The fraction of sp³-hybridized carbons (Fsp3) is 0.588. The molecular formula is C17H25N5O2. The zero-order valence-electron chi connectivity index (χ0n) is 13.8. The number of urea groups is 1. The van der Waals surface area contributed by atoms with E-state index >= 15 is 0 Å². The molecule has 130 valence electrons. The SMILES string of the molecule is O=C(NCc1ccnc2ccnn12)NC(CCO)C1CCCCC1. The highest BCUT2D eigenvalue weighted by molar-refractivity contribution is 5.74. The summed E-state index contributed by atoms with van der Waals surface area (Å²) in [5, 5.41) is 19.4. The van der Waals surface area contributed by atoms with Crippen molar-refractivity contribution in [1.29, 1.82) is 0 Å². The van der Waals surface area contributed by atoms with Gasteiger partial charge in [0.1, 0.15) is 0 Å². The molecule has 2 heterocycles. The lowest BCUT2D eigenvalue weighted by atomic mass is 9.83. The van der Waals surface area contributed by atoms with E-state index in [1.807, 2.05) is 12.1 Å². The van der Waals surface area contributed by atoms with Gasteiger partial charge in [0.15, 0.2) is 5.65 Å². The molecule has 1 unspecified atom stereocenters. The Morgan fingerprint density at radius 1 is 1.29 bits per heavy atom. The molecule has 1 aliphatic carbocycles. The second kappa shape index (κ2) is 8.10. The topological polar surface area (TPSA) is 91.6 Å². The van der Waals surface area contributed by atoms with Gasteiger partial charge in [-0.25, -0.2) is 14.3 Å². The Morgan fingerprint density at radius 3 is 2.92 bits per heavy atom. The average Bonchev–Trinajstić information content (AvgIpc) is 3.09. The fourth-order valence-electron chi connectivity index (χ4n) is 3.51. The molecule has 1 aliphatic rings. The zero-order chi connectivity index (χ0) is 16.8. The molecule has 3 N–H and O–H groups in total. The quantitative estimate of drug-likeness (QED) is 0.753. The van der Waals surface area contributed by atoms with Crippen molar-refractivity contribution < 1.29 is 9.90 Å². The number of aliphatic hydroxyl groups excluding tert-OH is 1. The molecule has 0 aromatic carbocycles. The molecule has 1 fully saturated rings. The van der Waals surface area contributed by atoms with E-state index < -0.39 is 0 Å². The van der Waals surface area contributed by atoms with Gasteiger partial charge in [-0.1, -0.05) is 19.3 Å². The first kappa shape index (κ1) is 16.7. The molecule has 2 aromatic heterocycles. The van der Waals surface area contributed by atoms with Crippen molar-refractivity contribution in [2.24, 2.45) is 5.92 Å². The Morgan fingerprint density at radius 2 is 2.12 bits per heavy atom. The first-order valence-electron chi connectivity index (χ1n) is 8.71. The third-order valence-electron chi connectivity index (χ3n) is 4.77. The van der Waals surface area contributed by atoms with Gasteiger partial charge in [-0.15, -0.1) is 0 Å². The van der Waals surface area contributed by atoms with Crippen LogP contribution >= 0.6 is 0 Å². The number of hydrogen-bond acceptors (Lipinski definition) is 4. The maximum Gasteiger partial charge on any atom is 0.315 e. The Balaban J connectivity index is 1.56. The number of aromatic nitrogens is 3. The number of amides is 2. The van der Waals surface area contributed by atoms with E-state index in [1.54, 1.807) is 16.9 Å². The van der Waals surface area contributed by atoms with Crippen LogP contribution in [0.4, 0.5) is 4.79 Å². The number of fused-ring (bicyclic) bond motifs is 1. The number of aliphatic hydroxyl groups is 1. The fourth-order valence-corrected chi connectivity index (χ4v) is 3.51. The molecule has 0 saturated heterocycles. The largest absolute Gasteiger partial charge is 0.396 e. The first-order chi connectivity index (χ1) is 11.8. The van der Waals surface area contributed by atoms with Crippen LogP contribution < -0.4 is 10.6 Å². The Hall–Kier alpha value is -2.15. The van der Waals surface area contributed by atoms with Crippen LogP contribution in [0.15, 0.2) is 24.5 Å². The van der Waals surface area contributed by atoms with Gasteiger partial charge in [0.05, 0.1) is 18.4 Å². The summed E-state index contributed by atoms with van der Waals surface area (Å²) in [6.07, 6.45) is 9.96. The summed E-state index contributed by atoms with van der Waals surface area (Å²) >= 11 is 0. The van der Waals surface area contributed by atoms with E-state index in [0.717, 1.165) is 24.2 Å². The average molecular weight is 331 g/mol. The van der Waals surface area contributed by atoms with Crippen LogP contribution in [-0.2, 0) is 6.54 Å². The summed E-state index contributed by atoms with van der Waals surface area (Å²) in [6.45, 7) is 0.475. The first-order valence-corrected chi connectivity index (χ1v) is 8.71. The minimum Gasteiger partial charge on any atom is -0.396 e. The summed E-state index contributed by atoms with van der Waals surface area (Å²) in [4.78, 5) is 16.5. The summed E-state index contributed by atoms with van der Waals surface area (Å²) in [5.74, 6) is 0.468. The Labute approximate surface area is 141 Å². The lowest BCUT2D eigenvalue weighted by Gasteiger charge is -2.30. The van der Waals surface area contributed by atoms with Crippen molar-refractivity contribution in [3.05, 3.63) is 30.2 Å². The van der Waals surface area contributed by atoms with Gasteiger partial charge in [-0.2, -0.15) is 5.10 Å². The molecule has 1 atom stereocenters. The van der Waals surface area contributed by atoms with E-state index in [-0.39, 0.29) is 18.7 Å². The molecule has 2 aromatic rings. The van der Waals surface area contributed by atoms with Crippen molar-refractivity contribution >= 4 is 11.7 Å². The lowest BCUT2D eigenvalue weighted by Crippen LogP contribution is -2.46. The van der Waals surface area contributed by atoms with E-state index in [1.165, 1.54) is 19.3 Å². The number of rotatable bonds is 6. The van der Waals surface area contributed by atoms with Crippen molar-refractivity contribution in [2.75, 3.05) is 6.61 Å². The van der Waals surface area contributed by atoms with Gasteiger partial charge >= 0.3 is 6.03 Å². The molecule has 3 rings (SSSR count). The smallest absolute Gasteiger partial charge is 0.315 e. The van der Waals surface area contributed by atoms with Gasteiger partial charge in [0, 0.05) is 24.9 Å². The van der Waals surface area contributed by atoms with Gasteiger partial charge in [0.2, 0.25) is 0 Å². The van der Waals surface area contributed by atoms with Crippen LogP contribution in [0.25, 0.3) is 5.65 Å². The number of carbonyl (C=O) groups is 1. The van der Waals surface area contributed by atoms with Crippen LogP contribution in [0, 0.1) is 5.92 Å². The zero-order valence-corrected chi connectivity index (χ0v) is 13.8. The second-order valence-electron chi connectivity index (χ2n) is 6.38. The highest BCUT2D eigenvalue weighted by Crippen LogP contribution is 2.27. The normalized spacial score (nSPS) is 16.9. The van der Waals surface area contributed by atoms with Crippen molar-refractivity contribution in [3.8, 4) is 0 Å². The maximum atomic E-state index is 12.3. The standard InChI is InChI=1S/C17H25N5O2/c23-11-8-15(13-4-2-1-3-5-13)21-17(24)19-12-14-6-9-18-16-7-10-20-22(14)16/h6-7,9-10,13,15,23H,1-5,8,11-12H2,(H2,19,21,24). The molecule has 0 bridgehead atoms. The monoisotopic (exact) mass is 331 g/mol. The predicted molar refractivity (Wildman–Crippen MR) is 90.4 cm³/mol. The summed E-state index contributed by atoms with van der Waals surface area (Å²) in [5.41, 5.74) is 1.63. The summed E-state index contributed by atoms with van der Waals surface area (Å²) in [7, 11) is 0. The third-order valence-corrected chi connectivity index (χ3v) is 4.77. The molecule has 0 aliphatic heterocycles. The van der Waals surface area contributed by atoms with Crippen LogP contribution in [0.3, 0.4) is 0 Å². The van der Waals surface area contributed by atoms with Gasteiger partial charge in [-0.05, 0) is 31.2 Å². The van der Waals surface area contributed by atoms with Crippen LogP contribution in [-0.4, -0.2) is 38.4 Å². The molecule has 1 saturated carbocycles. The Bertz CT molecular complexity index is 666. The number of hydrogen-bond donors (Lipinski definition) is 3. The molecular weight excluding hydrogens is 306 g/mol. The maximum absolute atomic E-state index is 12.3. The predicted octanol–water partition coefficient (Wildman–Crippen LogP) is 1.86. The lowest BCUT2D eigenvalue weighted by molar-refractivity contribution is 0.196. The van der Waals surface area contributed by atoms with E-state index in [9.17, 15) is 9.90 Å². The molecule has 24 heavy (non-hydrogen) atoms. The second-order valence-corrected chi connectivity index (χ2v) is 6.38. The number of nitrogens with zero attached hydrogens (tertiary/aromatic N) is 3. The molecule has 7 nitrogen and oxygen atoms in total. The van der Waals surface area contributed by atoms with E-state index in [0.29, 0.717) is 18.9 Å². The molecule has 0 radical (unpaired) electrons. The van der Waals surface area contributed by atoms with Crippen molar-refractivity contribution in [3.63, 3.8) is 0 Å². The minimum atomic E-state index is -0.198. The highest BCUT2D eigenvalue weighted by atomic mass is 16.3. The Kier molecular flexibility index (Phi) is 5.63. The number of nitrogens with one attached hydrogen (secondary N) is 2. The minimum absolute atomic E-state index is 0.0393. The third kappa shape index (κ3) is 4.03. The van der Waals surface area contributed by atoms with Crippen molar-refractivity contribution in [2.45, 2.75) is 51.1 Å². The summed E-state index contributed by atoms with van der Waals surface area (Å²) < 4.78 is 1.71. The van der Waals surface area contributed by atoms with Crippen LogP contribution in [0.5, 0.6) is 0 Å². The number of carbonyl (C=O) groups excluding carboxylic acids is 1. The molecule has 0 spiro atoms. The van der Waals surface area contributed by atoms with Gasteiger partial charge in [0.25, 0.3) is 0 Å². The van der Waals surface area contributed by atoms with Crippen LogP contribution in [0.2, 0.25) is 0 Å². The molecule has 2 amide bonds. The van der Waals surface area contributed by atoms with Crippen LogP contribution in [0.1, 0.15) is 44.2 Å². The highest BCUT2D eigenvalue weighted by Gasteiger charge is 2.24.